The number of carboxylic acid groups (broad SMARTS) is 1. The summed E-state index contributed by atoms with van der Waals surface area (Å²) in [5, 5.41) is 8.84. The van der Waals surface area contributed by atoms with Crippen LogP contribution in [0.5, 0.6) is 5.75 Å². The molecule has 0 unspecified atom stereocenters. The summed E-state index contributed by atoms with van der Waals surface area (Å²) in [6, 6.07) is 5.17. The summed E-state index contributed by atoms with van der Waals surface area (Å²) < 4.78 is 5.76. The number of hydrogen-bond donors (Lipinski definition) is 3. The Morgan fingerprint density at radius 1 is 1.28 bits per heavy atom. The molecule has 98 valence electrons. The Kier molecular flexibility index (Phi) is 3.45. The zero-order valence-electron chi connectivity index (χ0n) is 10.0. The Morgan fingerprint density at radius 3 is 2.50 bits per heavy atom. The first kappa shape index (κ1) is 12.3. The van der Waals surface area contributed by atoms with E-state index in [4.69, 9.17) is 21.3 Å². The van der Waals surface area contributed by atoms with E-state index >= 15 is 0 Å². The van der Waals surface area contributed by atoms with Gasteiger partial charge in [0.2, 0.25) is 0 Å². The van der Waals surface area contributed by atoms with Gasteiger partial charge in [-0.25, -0.2) is 4.79 Å². The number of rotatable bonds is 2. The van der Waals surface area contributed by atoms with Gasteiger partial charge in [0, 0.05) is 32.0 Å². The average Bonchev–Trinajstić information content (AvgIpc) is 2.34. The van der Waals surface area contributed by atoms with Crippen molar-refractivity contribution in [2.45, 2.75) is 18.9 Å². The molecule has 0 aliphatic carbocycles. The Labute approximate surface area is 105 Å². The predicted octanol–water partition coefficient (Wildman–Crippen LogP) is 1.37. The Bertz CT molecular complexity index is 442. The smallest absolute Gasteiger partial charge is 0.407 e. The van der Waals surface area contributed by atoms with Crippen molar-refractivity contribution in [2.75, 3.05) is 24.6 Å². The molecule has 0 aromatic heterocycles. The van der Waals surface area contributed by atoms with Crippen molar-refractivity contribution in [1.29, 1.82) is 0 Å². The molecule has 1 fully saturated rings. The monoisotopic (exact) mass is 251 g/mol. The molecule has 1 saturated heterocycles. The lowest BCUT2D eigenvalue weighted by atomic mass is 10.1. The molecule has 6 nitrogen and oxygen atoms in total. The molecular weight excluding hydrogens is 234 g/mol. The van der Waals surface area contributed by atoms with Crippen molar-refractivity contribution in [2.24, 2.45) is 0 Å². The number of anilines is 2. The molecular formula is C12H17N3O3. The molecule has 1 heterocycles. The summed E-state index contributed by atoms with van der Waals surface area (Å²) in [5.41, 5.74) is 12.3. The predicted molar refractivity (Wildman–Crippen MR) is 68.5 cm³/mol. The van der Waals surface area contributed by atoms with E-state index in [1.807, 2.05) is 0 Å². The highest BCUT2D eigenvalue weighted by molar-refractivity contribution is 5.65. The largest absolute Gasteiger partial charge is 0.490 e. The minimum atomic E-state index is -0.870. The van der Waals surface area contributed by atoms with E-state index < -0.39 is 6.09 Å². The number of likely N-dealkylation sites (tertiary alicyclic amines) is 1. The van der Waals surface area contributed by atoms with Crippen LogP contribution in [0.2, 0.25) is 0 Å². The zero-order chi connectivity index (χ0) is 13.1. The highest BCUT2D eigenvalue weighted by atomic mass is 16.5. The zero-order valence-corrected chi connectivity index (χ0v) is 10.0. The summed E-state index contributed by atoms with van der Waals surface area (Å²) in [6.45, 7) is 1.01. The molecule has 1 aliphatic rings. The number of ether oxygens (including phenoxy) is 1. The number of nitrogens with zero attached hydrogens (tertiary/aromatic N) is 1. The topological polar surface area (TPSA) is 102 Å². The van der Waals surface area contributed by atoms with Crippen LogP contribution in [-0.4, -0.2) is 35.3 Å². The molecule has 0 saturated carbocycles. The van der Waals surface area contributed by atoms with Crippen molar-refractivity contribution < 1.29 is 14.6 Å². The SMILES string of the molecule is Nc1ccc(OC2CCN(C(=O)O)CC2)cc1N. The normalized spacial score (nSPS) is 16.6. The van der Waals surface area contributed by atoms with Crippen LogP contribution in [0, 0.1) is 0 Å². The summed E-state index contributed by atoms with van der Waals surface area (Å²) >= 11 is 0. The lowest BCUT2D eigenvalue weighted by molar-refractivity contribution is 0.0895. The summed E-state index contributed by atoms with van der Waals surface area (Å²) in [5.74, 6) is 0.676. The maximum atomic E-state index is 10.8. The molecule has 0 bridgehead atoms. The van der Waals surface area contributed by atoms with Crippen LogP contribution in [0.3, 0.4) is 0 Å². The highest BCUT2D eigenvalue weighted by Crippen LogP contribution is 2.24. The Morgan fingerprint density at radius 2 is 1.94 bits per heavy atom. The van der Waals surface area contributed by atoms with Crippen LogP contribution in [0.1, 0.15) is 12.8 Å². The van der Waals surface area contributed by atoms with Crippen molar-refractivity contribution in [3.05, 3.63) is 18.2 Å². The molecule has 18 heavy (non-hydrogen) atoms. The molecule has 5 N–H and O–H groups in total. The van der Waals surface area contributed by atoms with Crippen LogP contribution in [-0.2, 0) is 0 Å². The second-order valence-electron chi connectivity index (χ2n) is 4.38. The van der Waals surface area contributed by atoms with Crippen LogP contribution in [0.4, 0.5) is 16.2 Å². The third-order valence-corrected chi connectivity index (χ3v) is 3.07. The number of hydrogen-bond acceptors (Lipinski definition) is 4. The van der Waals surface area contributed by atoms with Crippen molar-refractivity contribution >= 4 is 17.5 Å². The lowest BCUT2D eigenvalue weighted by Gasteiger charge is -2.30. The minimum Gasteiger partial charge on any atom is -0.490 e. The second-order valence-corrected chi connectivity index (χ2v) is 4.38. The quantitative estimate of drug-likeness (QED) is 0.689. The fourth-order valence-electron chi connectivity index (χ4n) is 1.98. The molecule has 2 rings (SSSR count). The molecule has 1 amide bonds. The van der Waals surface area contributed by atoms with Gasteiger partial charge in [0.15, 0.2) is 0 Å². The van der Waals surface area contributed by atoms with Crippen LogP contribution in [0.25, 0.3) is 0 Å². The van der Waals surface area contributed by atoms with Gasteiger partial charge in [-0.3, -0.25) is 0 Å². The maximum Gasteiger partial charge on any atom is 0.407 e. The fraction of sp³-hybridized carbons (Fsp3) is 0.417. The number of carbonyl (C=O) groups is 1. The van der Waals surface area contributed by atoms with E-state index in [0.717, 1.165) is 0 Å². The van der Waals surface area contributed by atoms with Gasteiger partial charge in [-0.15, -0.1) is 0 Å². The average molecular weight is 251 g/mol. The summed E-state index contributed by atoms with van der Waals surface area (Å²) in [6.07, 6.45) is 0.543. The first-order chi connectivity index (χ1) is 8.56. The third-order valence-electron chi connectivity index (χ3n) is 3.07. The second kappa shape index (κ2) is 5.03. The number of nitrogens with two attached hydrogens (primary N) is 2. The molecule has 1 aromatic carbocycles. The Balaban J connectivity index is 1.91. The molecule has 0 radical (unpaired) electrons. The maximum absolute atomic E-state index is 10.8. The first-order valence-corrected chi connectivity index (χ1v) is 5.86. The van der Waals surface area contributed by atoms with Gasteiger partial charge in [-0.1, -0.05) is 0 Å². The number of piperidine rings is 1. The number of benzene rings is 1. The van der Waals surface area contributed by atoms with Gasteiger partial charge in [-0.2, -0.15) is 0 Å². The van der Waals surface area contributed by atoms with E-state index in [2.05, 4.69) is 0 Å². The molecule has 0 atom stereocenters. The van der Waals surface area contributed by atoms with Crippen LogP contribution < -0.4 is 16.2 Å². The molecule has 1 aromatic rings. The van der Waals surface area contributed by atoms with Gasteiger partial charge in [-0.05, 0) is 12.1 Å². The van der Waals surface area contributed by atoms with Gasteiger partial charge in [0.25, 0.3) is 0 Å². The van der Waals surface area contributed by atoms with E-state index in [1.165, 1.54) is 4.90 Å². The number of amides is 1. The highest BCUT2D eigenvalue weighted by Gasteiger charge is 2.23. The van der Waals surface area contributed by atoms with Crippen molar-refractivity contribution in [3.8, 4) is 5.75 Å². The summed E-state index contributed by atoms with van der Waals surface area (Å²) in [7, 11) is 0. The minimum absolute atomic E-state index is 0.0311. The van der Waals surface area contributed by atoms with Crippen molar-refractivity contribution in [3.63, 3.8) is 0 Å². The summed E-state index contributed by atoms with van der Waals surface area (Å²) in [4.78, 5) is 12.2. The molecule has 0 spiro atoms. The molecule has 6 heteroatoms. The van der Waals surface area contributed by atoms with Crippen LogP contribution >= 0.6 is 0 Å². The van der Waals surface area contributed by atoms with E-state index in [-0.39, 0.29) is 6.10 Å². The van der Waals surface area contributed by atoms with Crippen molar-refractivity contribution in [1.82, 2.24) is 4.90 Å². The van der Waals surface area contributed by atoms with Gasteiger partial charge in [0.1, 0.15) is 11.9 Å². The molecule has 1 aliphatic heterocycles. The standard InChI is InChI=1S/C12H17N3O3/c13-10-2-1-9(7-11(10)14)18-8-3-5-15(6-4-8)12(16)17/h1-2,7-8H,3-6,13-14H2,(H,16,17). The van der Waals surface area contributed by atoms with Crippen LogP contribution in [0.15, 0.2) is 18.2 Å². The van der Waals surface area contributed by atoms with E-state index in [9.17, 15) is 4.79 Å². The van der Waals surface area contributed by atoms with Gasteiger partial charge >= 0.3 is 6.09 Å². The van der Waals surface area contributed by atoms with Gasteiger partial charge in [0.05, 0.1) is 11.4 Å². The lowest BCUT2D eigenvalue weighted by Crippen LogP contribution is -2.41. The van der Waals surface area contributed by atoms with E-state index in [1.54, 1.807) is 18.2 Å². The fourth-order valence-corrected chi connectivity index (χ4v) is 1.98. The Hall–Kier alpha value is -2.11. The first-order valence-electron chi connectivity index (χ1n) is 5.86. The third kappa shape index (κ3) is 2.77. The van der Waals surface area contributed by atoms with Gasteiger partial charge < -0.3 is 26.2 Å². The van der Waals surface area contributed by atoms with E-state index in [0.29, 0.717) is 43.1 Å². The number of nitrogen functional groups attached to an aromatic ring is 2.